The first-order valence-electron chi connectivity index (χ1n) is 11.6. The molecule has 0 aromatic heterocycles. The van der Waals surface area contributed by atoms with Crippen LogP contribution in [0.15, 0.2) is 54.6 Å². The van der Waals surface area contributed by atoms with Crippen molar-refractivity contribution in [1.82, 2.24) is 24.9 Å². The van der Waals surface area contributed by atoms with E-state index in [1.807, 2.05) is 24.3 Å². The van der Waals surface area contributed by atoms with Crippen LogP contribution in [-0.4, -0.2) is 76.7 Å². The lowest BCUT2D eigenvalue weighted by Crippen LogP contribution is -2.66. The van der Waals surface area contributed by atoms with E-state index in [9.17, 15) is 9.59 Å². The molecular weight excluding hydrogens is 438 g/mol. The number of rotatable bonds is 5. The highest BCUT2D eigenvalue weighted by Crippen LogP contribution is 2.33. The van der Waals surface area contributed by atoms with Crippen molar-refractivity contribution >= 4 is 23.5 Å². The van der Waals surface area contributed by atoms with Crippen LogP contribution in [0.2, 0.25) is 5.02 Å². The standard InChI is InChI=1S/C25H30ClN5O2/c1-17-14-29(13-12-18-8-4-3-5-9-18)24-27-22-21(30(24)15-17)23(32)31(25(33)28(22)2)16-19-10-6-7-11-20(19)26/h3-11,17,21-22,24,27H,12-16H2,1-2H3. The monoisotopic (exact) mass is 467 g/mol. The van der Waals surface area contributed by atoms with E-state index < -0.39 is 6.04 Å². The van der Waals surface area contributed by atoms with Crippen LogP contribution in [0.25, 0.3) is 0 Å². The Morgan fingerprint density at radius 2 is 1.76 bits per heavy atom. The minimum atomic E-state index is -0.415. The Hall–Kier alpha value is -2.45. The second-order valence-electron chi connectivity index (χ2n) is 9.37. The number of fused-ring (bicyclic) bond motifs is 3. The van der Waals surface area contributed by atoms with Gasteiger partial charge in [0.2, 0.25) is 0 Å². The summed E-state index contributed by atoms with van der Waals surface area (Å²) in [7, 11) is 1.77. The molecule has 3 saturated heterocycles. The van der Waals surface area contributed by atoms with Crippen molar-refractivity contribution in [1.29, 1.82) is 0 Å². The number of amides is 3. The molecule has 8 heteroatoms. The summed E-state index contributed by atoms with van der Waals surface area (Å²) in [4.78, 5) is 34.5. The van der Waals surface area contributed by atoms with Crippen molar-refractivity contribution in [3.05, 3.63) is 70.7 Å². The van der Waals surface area contributed by atoms with Crippen molar-refractivity contribution in [2.45, 2.75) is 38.4 Å². The van der Waals surface area contributed by atoms with Crippen molar-refractivity contribution in [3.8, 4) is 0 Å². The Morgan fingerprint density at radius 3 is 2.52 bits per heavy atom. The Kier molecular flexibility index (Phi) is 6.14. The first-order valence-corrected chi connectivity index (χ1v) is 11.9. The summed E-state index contributed by atoms with van der Waals surface area (Å²) in [6, 6.07) is 17.1. The Morgan fingerprint density at radius 1 is 1.03 bits per heavy atom. The zero-order valence-corrected chi connectivity index (χ0v) is 19.8. The maximum absolute atomic E-state index is 13.7. The molecule has 2 aromatic rings. The first kappa shape index (κ1) is 22.3. The number of nitrogens with zero attached hydrogens (tertiary/aromatic N) is 4. The van der Waals surface area contributed by atoms with Crippen molar-refractivity contribution in [2.24, 2.45) is 5.92 Å². The molecular formula is C25H30ClN5O2. The number of hydrogen-bond acceptors (Lipinski definition) is 5. The molecule has 2 aromatic carbocycles. The molecule has 3 amide bonds. The quantitative estimate of drug-likeness (QED) is 0.732. The minimum absolute atomic E-state index is 0.0700. The molecule has 5 rings (SSSR count). The van der Waals surface area contributed by atoms with E-state index in [0.29, 0.717) is 10.9 Å². The molecule has 0 aliphatic carbocycles. The number of imide groups is 1. The summed E-state index contributed by atoms with van der Waals surface area (Å²) in [5.41, 5.74) is 2.07. The SMILES string of the molecule is CC1CN(CCc2ccccc2)C2NC3C(C(=O)N(Cc4ccccc4Cl)C(=O)N3C)N2C1. The fraction of sp³-hybridized carbons (Fsp3) is 0.440. The maximum Gasteiger partial charge on any atom is 0.328 e. The zero-order chi connectivity index (χ0) is 23.1. The summed E-state index contributed by atoms with van der Waals surface area (Å²) in [5, 5.41) is 4.15. The van der Waals surface area contributed by atoms with Crippen molar-refractivity contribution in [3.63, 3.8) is 0 Å². The van der Waals surface area contributed by atoms with E-state index in [2.05, 4.69) is 46.3 Å². The number of benzene rings is 2. The van der Waals surface area contributed by atoms with Crippen LogP contribution >= 0.6 is 11.6 Å². The molecule has 33 heavy (non-hydrogen) atoms. The van der Waals surface area contributed by atoms with Gasteiger partial charge >= 0.3 is 6.03 Å². The maximum atomic E-state index is 13.7. The molecule has 0 bridgehead atoms. The zero-order valence-electron chi connectivity index (χ0n) is 19.0. The molecule has 174 valence electrons. The third-order valence-electron chi connectivity index (χ3n) is 6.99. The van der Waals surface area contributed by atoms with E-state index in [1.54, 1.807) is 18.0 Å². The van der Waals surface area contributed by atoms with E-state index in [0.717, 1.165) is 31.6 Å². The lowest BCUT2D eigenvalue weighted by Gasteiger charge is -2.45. The Labute approximate surface area is 199 Å². The summed E-state index contributed by atoms with van der Waals surface area (Å²) < 4.78 is 0. The topological polar surface area (TPSA) is 59.1 Å². The molecule has 4 atom stereocenters. The largest absolute Gasteiger partial charge is 0.328 e. The van der Waals surface area contributed by atoms with Crippen LogP contribution in [-0.2, 0) is 17.8 Å². The fourth-order valence-electron chi connectivity index (χ4n) is 5.36. The van der Waals surface area contributed by atoms with Gasteiger partial charge in [-0.2, -0.15) is 0 Å². The molecule has 0 radical (unpaired) electrons. The van der Waals surface area contributed by atoms with Crippen LogP contribution in [0, 0.1) is 5.92 Å². The molecule has 0 saturated carbocycles. The van der Waals surface area contributed by atoms with Crippen LogP contribution in [0.4, 0.5) is 4.79 Å². The number of nitrogens with one attached hydrogen (secondary N) is 1. The van der Waals surface area contributed by atoms with Crippen LogP contribution < -0.4 is 5.32 Å². The van der Waals surface area contributed by atoms with Crippen molar-refractivity contribution < 1.29 is 9.59 Å². The lowest BCUT2D eigenvalue weighted by molar-refractivity contribution is -0.141. The third-order valence-corrected chi connectivity index (χ3v) is 7.36. The number of halogens is 1. The lowest BCUT2D eigenvalue weighted by atomic mass is 10.0. The fourth-order valence-corrected chi connectivity index (χ4v) is 5.55. The van der Waals surface area contributed by atoms with Crippen LogP contribution in [0.3, 0.4) is 0 Å². The summed E-state index contributed by atoms with van der Waals surface area (Å²) in [6.07, 6.45) is 0.525. The highest BCUT2D eigenvalue weighted by Gasteiger charge is 2.56. The highest BCUT2D eigenvalue weighted by atomic mass is 35.5. The van der Waals surface area contributed by atoms with Gasteiger partial charge in [-0.05, 0) is 29.5 Å². The van der Waals surface area contributed by atoms with Crippen molar-refractivity contribution in [2.75, 3.05) is 26.7 Å². The summed E-state index contributed by atoms with van der Waals surface area (Å²) in [6.45, 7) is 5.06. The summed E-state index contributed by atoms with van der Waals surface area (Å²) in [5.74, 6) is 0.264. The molecule has 3 aliphatic heterocycles. The van der Waals surface area contributed by atoms with Crippen LogP contribution in [0.1, 0.15) is 18.1 Å². The van der Waals surface area contributed by atoms with Gasteiger partial charge in [0.15, 0.2) is 0 Å². The number of urea groups is 1. The number of likely N-dealkylation sites (N-methyl/N-ethyl adjacent to an activating group) is 1. The van der Waals surface area contributed by atoms with E-state index in [4.69, 9.17) is 11.6 Å². The van der Waals surface area contributed by atoms with E-state index >= 15 is 0 Å². The highest BCUT2D eigenvalue weighted by molar-refractivity contribution is 6.31. The molecule has 4 unspecified atom stereocenters. The molecule has 3 fully saturated rings. The normalized spacial score (nSPS) is 28.2. The average molecular weight is 468 g/mol. The number of carbonyl (C=O) groups excluding carboxylic acids is 2. The Bertz CT molecular complexity index is 1030. The molecule has 0 spiro atoms. The first-order chi connectivity index (χ1) is 15.9. The van der Waals surface area contributed by atoms with Crippen LogP contribution in [0.5, 0.6) is 0 Å². The van der Waals surface area contributed by atoms with Gasteiger partial charge in [0.25, 0.3) is 5.91 Å². The third kappa shape index (κ3) is 4.15. The minimum Gasteiger partial charge on any atom is -0.310 e. The second kappa shape index (κ2) is 9.06. The molecule has 3 heterocycles. The van der Waals surface area contributed by atoms with E-state index in [1.165, 1.54) is 10.5 Å². The van der Waals surface area contributed by atoms with Gasteiger partial charge in [-0.3, -0.25) is 24.8 Å². The predicted molar refractivity (Wildman–Crippen MR) is 127 cm³/mol. The van der Waals surface area contributed by atoms with Gasteiger partial charge in [0, 0.05) is 31.7 Å². The molecule has 7 nitrogen and oxygen atoms in total. The number of hydrogen-bond donors (Lipinski definition) is 1. The van der Waals surface area contributed by atoms with Gasteiger partial charge < -0.3 is 4.90 Å². The van der Waals surface area contributed by atoms with Gasteiger partial charge in [0.1, 0.15) is 18.5 Å². The van der Waals surface area contributed by atoms with Gasteiger partial charge in [-0.1, -0.05) is 67.1 Å². The molecule has 3 aliphatic rings. The van der Waals surface area contributed by atoms with Gasteiger partial charge in [-0.25, -0.2) is 4.79 Å². The summed E-state index contributed by atoms with van der Waals surface area (Å²) >= 11 is 6.33. The van der Waals surface area contributed by atoms with Gasteiger partial charge in [-0.15, -0.1) is 0 Å². The predicted octanol–water partition coefficient (Wildman–Crippen LogP) is 2.81. The smallest absolute Gasteiger partial charge is 0.310 e. The van der Waals surface area contributed by atoms with Gasteiger partial charge in [0.05, 0.1) is 6.54 Å². The number of carbonyl (C=O) groups is 2. The molecule has 1 N–H and O–H groups in total. The average Bonchev–Trinajstić information content (AvgIpc) is 3.20. The Balaban J connectivity index is 1.37. The van der Waals surface area contributed by atoms with E-state index in [-0.39, 0.29) is 30.9 Å². The second-order valence-corrected chi connectivity index (χ2v) is 9.78.